The Balaban J connectivity index is 3.44. The van der Waals surface area contributed by atoms with Crippen LogP contribution in [-0.4, -0.2) is 12.7 Å². The van der Waals surface area contributed by atoms with Crippen molar-refractivity contribution < 1.29 is 4.74 Å². The maximum atomic E-state index is 6.08. The van der Waals surface area contributed by atoms with Gasteiger partial charge in [0.05, 0.1) is 6.10 Å². The van der Waals surface area contributed by atoms with Crippen LogP contribution in [0.3, 0.4) is 0 Å². The molecule has 0 aromatic heterocycles. The molecule has 1 atom stereocenters. The summed E-state index contributed by atoms with van der Waals surface area (Å²) in [6.45, 7) is 23.7. The molecular weight excluding hydrogens is 256 g/mol. The molecule has 0 heterocycles. The largest absolute Gasteiger partial charge is 0.370 e. The lowest BCUT2D eigenvalue weighted by Gasteiger charge is -2.32. The Morgan fingerprint density at radius 3 is 1.76 bits per heavy atom. The van der Waals surface area contributed by atoms with Gasteiger partial charge in [0.25, 0.3) is 0 Å². The summed E-state index contributed by atoms with van der Waals surface area (Å²) in [7, 11) is 0. The molecule has 1 heteroatoms. The highest BCUT2D eigenvalue weighted by atomic mass is 16.5. The molecule has 1 nitrogen and oxygen atoms in total. The first-order valence-electron chi connectivity index (χ1n) is 8.35. The van der Waals surface area contributed by atoms with Gasteiger partial charge in [0, 0.05) is 6.61 Å². The number of hydrogen-bond donors (Lipinski definition) is 0. The van der Waals surface area contributed by atoms with E-state index < -0.39 is 0 Å². The highest BCUT2D eigenvalue weighted by Crippen LogP contribution is 2.49. The van der Waals surface area contributed by atoms with E-state index in [-0.39, 0.29) is 22.3 Å². The van der Waals surface area contributed by atoms with E-state index in [1.165, 1.54) is 11.1 Å². The van der Waals surface area contributed by atoms with Crippen molar-refractivity contribution in [3.63, 3.8) is 0 Å². The van der Waals surface area contributed by atoms with Gasteiger partial charge in [0.15, 0.2) is 0 Å². The first kappa shape index (κ1) is 18.5. The van der Waals surface area contributed by atoms with E-state index >= 15 is 0 Å². The minimum atomic E-state index is 0.143. The fourth-order valence-electron chi connectivity index (χ4n) is 3.27. The van der Waals surface area contributed by atoms with Gasteiger partial charge in [0.2, 0.25) is 0 Å². The molecule has 0 radical (unpaired) electrons. The third kappa shape index (κ3) is 4.71. The first-order chi connectivity index (χ1) is 9.27. The maximum Gasteiger partial charge on any atom is 0.0983 e. The van der Waals surface area contributed by atoms with Crippen molar-refractivity contribution in [1.29, 1.82) is 0 Å². The van der Waals surface area contributed by atoms with Crippen molar-refractivity contribution in [3.05, 3.63) is 22.8 Å². The molecule has 0 aromatic rings. The fourth-order valence-corrected chi connectivity index (χ4v) is 3.27. The van der Waals surface area contributed by atoms with Crippen LogP contribution in [0.5, 0.6) is 0 Å². The molecule has 0 bridgehead atoms. The monoisotopic (exact) mass is 292 g/mol. The second-order valence-corrected chi connectivity index (χ2v) is 9.59. The second kappa shape index (κ2) is 5.91. The summed E-state index contributed by atoms with van der Waals surface area (Å²) >= 11 is 0. The van der Waals surface area contributed by atoms with E-state index in [2.05, 4.69) is 75.3 Å². The van der Waals surface area contributed by atoms with Crippen LogP contribution in [0, 0.1) is 16.2 Å². The third-order valence-corrected chi connectivity index (χ3v) is 3.92. The molecule has 0 amide bonds. The van der Waals surface area contributed by atoms with Crippen LogP contribution in [0.25, 0.3) is 0 Å². The van der Waals surface area contributed by atoms with Crippen LogP contribution >= 0.6 is 0 Å². The van der Waals surface area contributed by atoms with Crippen molar-refractivity contribution >= 4 is 0 Å². The predicted molar refractivity (Wildman–Crippen MR) is 93.5 cm³/mol. The minimum absolute atomic E-state index is 0.143. The van der Waals surface area contributed by atoms with Crippen LogP contribution in [-0.2, 0) is 4.74 Å². The molecule has 0 aliphatic heterocycles. The topological polar surface area (TPSA) is 9.23 Å². The van der Waals surface area contributed by atoms with Gasteiger partial charge in [-0.05, 0) is 52.4 Å². The van der Waals surface area contributed by atoms with E-state index in [4.69, 9.17) is 4.74 Å². The normalized spacial score (nSPS) is 21.0. The molecular formula is C20H36O. The Morgan fingerprint density at radius 2 is 1.43 bits per heavy atom. The molecule has 1 aliphatic rings. The smallest absolute Gasteiger partial charge is 0.0983 e. The van der Waals surface area contributed by atoms with Crippen LogP contribution in [0.2, 0.25) is 0 Å². The van der Waals surface area contributed by atoms with Crippen molar-refractivity contribution in [2.24, 2.45) is 16.2 Å². The van der Waals surface area contributed by atoms with Gasteiger partial charge >= 0.3 is 0 Å². The van der Waals surface area contributed by atoms with Gasteiger partial charge in [0.1, 0.15) is 0 Å². The molecule has 1 unspecified atom stereocenters. The third-order valence-electron chi connectivity index (χ3n) is 3.92. The van der Waals surface area contributed by atoms with Crippen molar-refractivity contribution in [1.82, 2.24) is 0 Å². The summed E-state index contributed by atoms with van der Waals surface area (Å²) in [6.07, 6.45) is 3.65. The standard InChI is InChI=1S/C20H36O/c1-11-21-16-12-15(19(5,6)7)14(13-18(2,3)4)17(16)20(8,9)10/h12,16H,11,13H2,1-10H3. The molecule has 0 spiro atoms. The molecule has 1 rings (SSSR count). The van der Waals surface area contributed by atoms with Crippen LogP contribution < -0.4 is 0 Å². The lowest BCUT2D eigenvalue weighted by atomic mass is 9.73. The van der Waals surface area contributed by atoms with Gasteiger partial charge < -0.3 is 4.74 Å². The number of hydrogen-bond acceptors (Lipinski definition) is 1. The van der Waals surface area contributed by atoms with Gasteiger partial charge in [-0.15, -0.1) is 0 Å². The Kier molecular flexibility index (Phi) is 5.20. The van der Waals surface area contributed by atoms with Crippen LogP contribution in [0.4, 0.5) is 0 Å². The maximum absolute atomic E-state index is 6.08. The molecule has 21 heavy (non-hydrogen) atoms. The highest BCUT2D eigenvalue weighted by molar-refractivity contribution is 5.51. The van der Waals surface area contributed by atoms with Crippen LogP contribution in [0.15, 0.2) is 22.8 Å². The zero-order valence-electron chi connectivity index (χ0n) is 16.0. The zero-order valence-corrected chi connectivity index (χ0v) is 16.0. The lowest BCUT2D eigenvalue weighted by molar-refractivity contribution is 0.108. The van der Waals surface area contributed by atoms with Gasteiger partial charge in [-0.2, -0.15) is 0 Å². The Morgan fingerprint density at radius 1 is 0.905 bits per heavy atom. The minimum Gasteiger partial charge on any atom is -0.370 e. The molecule has 0 N–H and O–H groups in total. The second-order valence-electron chi connectivity index (χ2n) is 9.59. The van der Waals surface area contributed by atoms with E-state index in [0.717, 1.165) is 13.0 Å². The van der Waals surface area contributed by atoms with Gasteiger partial charge in [-0.3, -0.25) is 0 Å². The van der Waals surface area contributed by atoms with Crippen LogP contribution in [0.1, 0.15) is 75.7 Å². The molecule has 0 saturated carbocycles. The van der Waals surface area contributed by atoms with Crippen molar-refractivity contribution in [2.45, 2.75) is 81.8 Å². The fraction of sp³-hybridized carbons (Fsp3) is 0.800. The van der Waals surface area contributed by atoms with Crippen molar-refractivity contribution in [3.8, 4) is 0 Å². The van der Waals surface area contributed by atoms with Crippen molar-refractivity contribution in [2.75, 3.05) is 6.61 Å². The zero-order chi connectivity index (χ0) is 16.6. The number of ether oxygens (including phenoxy) is 1. The number of allylic oxidation sites excluding steroid dienone is 2. The Hall–Kier alpha value is -0.560. The lowest BCUT2D eigenvalue weighted by Crippen LogP contribution is -2.23. The highest BCUT2D eigenvalue weighted by Gasteiger charge is 2.38. The average molecular weight is 293 g/mol. The summed E-state index contributed by atoms with van der Waals surface area (Å²) in [4.78, 5) is 0. The first-order valence-corrected chi connectivity index (χ1v) is 8.35. The average Bonchev–Trinajstić information content (AvgIpc) is 2.53. The van der Waals surface area contributed by atoms with E-state index in [9.17, 15) is 0 Å². The molecule has 122 valence electrons. The Labute approximate surface area is 132 Å². The summed E-state index contributed by atoms with van der Waals surface area (Å²) in [5, 5.41) is 0. The van der Waals surface area contributed by atoms with E-state index in [1.54, 1.807) is 5.57 Å². The summed E-state index contributed by atoms with van der Waals surface area (Å²) in [5.74, 6) is 0. The molecule has 0 saturated heterocycles. The molecule has 1 aliphatic carbocycles. The summed E-state index contributed by atoms with van der Waals surface area (Å²) < 4.78 is 6.08. The Bertz CT molecular complexity index is 430. The summed E-state index contributed by atoms with van der Waals surface area (Å²) in [5.41, 5.74) is 5.12. The quantitative estimate of drug-likeness (QED) is 0.605. The van der Waals surface area contributed by atoms with E-state index in [0.29, 0.717) is 0 Å². The van der Waals surface area contributed by atoms with E-state index in [1.807, 2.05) is 0 Å². The summed E-state index contributed by atoms with van der Waals surface area (Å²) in [6, 6.07) is 0. The SMILES string of the molecule is CCOC1C=C(C(C)(C)C)C(CC(C)(C)C)=C1C(C)(C)C. The number of rotatable bonds is 3. The molecule has 0 fully saturated rings. The molecule has 0 aromatic carbocycles. The van der Waals surface area contributed by atoms with Gasteiger partial charge in [-0.25, -0.2) is 0 Å². The predicted octanol–water partition coefficient (Wildman–Crippen LogP) is 6.16. The van der Waals surface area contributed by atoms with Gasteiger partial charge in [-0.1, -0.05) is 62.3 Å².